The maximum absolute atomic E-state index is 12.9. The average Bonchev–Trinajstić information content (AvgIpc) is 2.33. The summed E-state index contributed by atoms with van der Waals surface area (Å²) in [7, 11) is 0. The van der Waals surface area contributed by atoms with E-state index in [4.69, 9.17) is 4.74 Å². The largest absolute Gasteiger partial charge is 0.493 e. The molecular formula is C17H23F3O. The molecule has 0 heterocycles. The van der Waals surface area contributed by atoms with E-state index in [0.717, 1.165) is 6.07 Å². The molecule has 0 aromatic heterocycles. The fourth-order valence-corrected chi connectivity index (χ4v) is 2.16. The zero-order valence-electron chi connectivity index (χ0n) is 13.3. The predicted octanol–water partition coefficient (Wildman–Crippen LogP) is 5.61. The van der Waals surface area contributed by atoms with Crippen LogP contribution < -0.4 is 0 Å². The molecule has 0 aliphatic carbocycles. The van der Waals surface area contributed by atoms with Crippen LogP contribution in [0.5, 0.6) is 0 Å². The summed E-state index contributed by atoms with van der Waals surface area (Å²) in [6, 6.07) is 2.56. The molecular weight excluding hydrogens is 277 g/mol. The summed E-state index contributed by atoms with van der Waals surface area (Å²) in [6.45, 7) is 13.8. The first-order valence-corrected chi connectivity index (χ1v) is 6.99. The number of benzene rings is 1. The van der Waals surface area contributed by atoms with Gasteiger partial charge >= 0.3 is 6.18 Å². The molecule has 0 aliphatic rings. The fraction of sp³-hybridized carbons (Fsp3) is 0.529. The van der Waals surface area contributed by atoms with E-state index < -0.39 is 11.7 Å². The minimum atomic E-state index is -4.33. The van der Waals surface area contributed by atoms with Gasteiger partial charge in [0.15, 0.2) is 0 Å². The quantitative estimate of drug-likeness (QED) is 0.657. The van der Waals surface area contributed by atoms with Crippen LogP contribution in [0.15, 0.2) is 18.7 Å². The molecule has 0 saturated heterocycles. The maximum atomic E-state index is 12.9. The summed E-state index contributed by atoms with van der Waals surface area (Å²) >= 11 is 0. The van der Waals surface area contributed by atoms with Gasteiger partial charge in [0, 0.05) is 5.56 Å². The molecule has 0 saturated carbocycles. The number of alkyl halides is 3. The average molecular weight is 300 g/mol. The van der Waals surface area contributed by atoms with Crippen LogP contribution in [0.4, 0.5) is 13.2 Å². The molecule has 1 aromatic carbocycles. The Hall–Kier alpha value is -1.45. The highest BCUT2D eigenvalue weighted by molar-refractivity contribution is 5.64. The van der Waals surface area contributed by atoms with Crippen molar-refractivity contribution >= 4 is 5.76 Å². The molecule has 0 N–H and O–H groups in total. The van der Waals surface area contributed by atoms with Crippen molar-refractivity contribution in [3.05, 3.63) is 41.0 Å². The van der Waals surface area contributed by atoms with E-state index in [-0.39, 0.29) is 11.0 Å². The molecule has 0 bridgehead atoms. The van der Waals surface area contributed by atoms with Gasteiger partial charge < -0.3 is 4.74 Å². The van der Waals surface area contributed by atoms with Gasteiger partial charge in [-0.1, -0.05) is 40.3 Å². The Morgan fingerprint density at radius 2 is 1.76 bits per heavy atom. The van der Waals surface area contributed by atoms with E-state index in [0.29, 0.717) is 29.9 Å². The summed E-state index contributed by atoms with van der Waals surface area (Å²) < 4.78 is 44.5. The number of ether oxygens (including phenoxy) is 1. The third kappa shape index (κ3) is 4.51. The molecule has 0 radical (unpaired) electrons. The van der Waals surface area contributed by atoms with Crippen LogP contribution in [-0.4, -0.2) is 6.61 Å². The Bertz CT molecular complexity index is 522. The lowest BCUT2D eigenvalue weighted by Gasteiger charge is -2.22. The smallest absolute Gasteiger partial charge is 0.416 e. The zero-order chi connectivity index (χ0) is 16.4. The van der Waals surface area contributed by atoms with Crippen LogP contribution in [0, 0.1) is 12.3 Å². The molecule has 21 heavy (non-hydrogen) atoms. The molecule has 0 amide bonds. The number of hydrogen-bond acceptors (Lipinski definition) is 1. The lowest BCUT2D eigenvalue weighted by Crippen LogP contribution is -2.15. The van der Waals surface area contributed by atoms with E-state index in [1.54, 1.807) is 0 Å². The Morgan fingerprint density at radius 3 is 2.19 bits per heavy atom. The molecule has 0 atom stereocenters. The second-order valence-electron chi connectivity index (χ2n) is 6.39. The molecule has 1 nitrogen and oxygen atoms in total. The summed E-state index contributed by atoms with van der Waals surface area (Å²) in [6.07, 6.45) is -3.83. The standard InChI is InChI=1S/C17H23F3O/c1-7-13-11(2)15(17(18,19)20)9-8-14(13)12(3)21-10-16(4,5)6/h8-9H,3,7,10H2,1-2,4-6H3. The fourth-order valence-electron chi connectivity index (χ4n) is 2.16. The minimum Gasteiger partial charge on any atom is -0.493 e. The van der Waals surface area contributed by atoms with Crippen LogP contribution in [0.1, 0.15) is 49.9 Å². The van der Waals surface area contributed by atoms with Gasteiger partial charge in [-0.2, -0.15) is 13.2 Å². The van der Waals surface area contributed by atoms with Gasteiger partial charge in [-0.3, -0.25) is 0 Å². The van der Waals surface area contributed by atoms with Crippen molar-refractivity contribution in [3.63, 3.8) is 0 Å². The van der Waals surface area contributed by atoms with Crippen LogP contribution in [0.25, 0.3) is 5.76 Å². The minimum absolute atomic E-state index is 0.0315. The molecule has 0 spiro atoms. The highest BCUT2D eigenvalue weighted by Crippen LogP contribution is 2.36. The van der Waals surface area contributed by atoms with Crippen molar-refractivity contribution in [1.82, 2.24) is 0 Å². The third-order valence-corrected chi connectivity index (χ3v) is 3.24. The Morgan fingerprint density at radius 1 is 1.19 bits per heavy atom. The molecule has 1 aromatic rings. The van der Waals surface area contributed by atoms with Crippen LogP contribution in [-0.2, 0) is 17.3 Å². The van der Waals surface area contributed by atoms with Gasteiger partial charge in [-0.05, 0) is 36.0 Å². The maximum Gasteiger partial charge on any atom is 0.416 e. The van der Waals surface area contributed by atoms with Gasteiger partial charge in [0.25, 0.3) is 0 Å². The van der Waals surface area contributed by atoms with E-state index in [9.17, 15) is 13.2 Å². The van der Waals surface area contributed by atoms with Gasteiger partial charge in [0.2, 0.25) is 0 Å². The van der Waals surface area contributed by atoms with E-state index >= 15 is 0 Å². The number of rotatable bonds is 4. The van der Waals surface area contributed by atoms with Crippen LogP contribution in [0.3, 0.4) is 0 Å². The summed E-state index contributed by atoms with van der Waals surface area (Å²) in [5.74, 6) is 0.429. The predicted molar refractivity (Wildman–Crippen MR) is 80.0 cm³/mol. The summed E-state index contributed by atoms with van der Waals surface area (Å²) in [5.41, 5.74) is 0.932. The number of hydrogen-bond donors (Lipinski definition) is 0. The molecule has 0 fully saturated rings. The van der Waals surface area contributed by atoms with Gasteiger partial charge in [-0.15, -0.1) is 0 Å². The number of halogens is 3. The normalized spacial score (nSPS) is 12.4. The Kier molecular flexibility index (Phi) is 5.13. The van der Waals surface area contributed by atoms with Gasteiger partial charge in [-0.25, -0.2) is 0 Å². The molecule has 118 valence electrons. The lowest BCUT2D eigenvalue weighted by molar-refractivity contribution is -0.138. The monoisotopic (exact) mass is 300 g/mol. The zero-order valence-corrected chi connectivity index (χ0v) is 13.3. The van der Waals surface area contributed by atoms with Crippen LogP contribution >= 0.6 is 0 Å². The van der Waals surface area contributed by atoms with Gasteiger partial charge in [0.1, 0.15) is 5.76 Å². The molecule has 0 unspecified atom stereocenters. The Balaban J connectivity index is 3.15. The third-order valence-electron chi connectivity index (χ3n) is 3.24. The molecule has 0 aliphatic heterocycles. The first kappa shape index (κ1) is 17.6. The van der Waals surface area contributed by atoms with Crippen molar-refractivity contribution in [2.45, 2.75) is 47.2 Å². The molecule has 4 heteroatoms. The highest BCUT2D eigenvalue weighted by Gasteiger charge is 2.33. The lowest BCUT2D eigenvalue weighted by atomic mass is 9.93. The van der Waals surface area contributed by atoms with E-state index in [2.05, 4.69) is 6.58 Å². The van der Waals surface area contributed by atoms with E-state index in [1.807, 2.05) is 27.7 Å². The van der Waals surface area contributed by atoms with Gasteiger partial charge in [0.05, 0.1) is 12.2 Å². The van der Waals surface area contributed by atoms with Crippen molar-refractivity contribution < 1.29 is 17.9 Å². The van der Waals surface area contributed by atoms with Crippen molar-refractivity contribution in [2.24, 2.45) is 5.41 Å². The first-order chi connectivity index (χ1) is 9.47. The highest BCUT2D eigenvalue weighted by atomic mass is 19.4. The second kappa shape index (κ2) is 6.12. The summed E-state index contributed by atoms with van der Waals surface area (Å²) in [5, 5.41) is 0. The summed E-state index contributed by atoms with van der Waals surface area (Å²) in [4.78, 5) is 0. The van der Waals surface area contributed by atoms with Crippen molar-refractivity contribution in [2.75, 3.05) is 6.61 Å². The van der Waals surface area contributed by atoms with E-state index in [1.165, 1.54) is 13.0 Å². The first-order valence-electron chi connectivity index (χ1n) is 6.99. The SMILES string of the molecule is C=C(OCC(C)(C)C)c1ccc(C(F)(F)F)c(C)c1CC. The van der Waals surface area contributed by atoms with Crippen LogP contribution in [0.2, 0.25) is 0 Å². The molecule has 1 rings (SSSR count). The van der Waals surface area contributed by atoms with Crippen molar-refractivity contribution in [1.29, 1.82) is 0 Å². The van der Waals surface area contributed by atoms with Crippen molar-refractivity contribution in [3.8, 4) is 0 Å². The topological polar surface area (TPSA) is 9.23 Å². The second-order valence-corrected chi connectivity index (χ2v) is 6.39. The Labute approximate surface area is 124 Å².